The van der Waals surface area contributed by atoms with Gasteiger partial charge in [0.1, 0.15) is 0 Å². The second-order valence-corrected chi connectivity index (χ2v) is 6.39. The number of hydrogen-bond donors (Lipinski definition) is 1. The minimum atomic E-state index is -3.18. The van der Waals surface area contributed by atoms with Crippen molar-refractivity contribution in [3.63, 3.8) is 0 Å². The third-order valence-electron chi connectivity index (χ3n) is 2.85. The molecular formula is C9H17NO4S. The van der Waals surface area contributed by atoms with E-state index in [1.807, 2.05) is 0 Å². The molecule has 0 aromatic heterocycles. The van der Waals surface area contributed by atoms with Crippen LogP contribution in [0.25, 0.3) is 0 Å². The van der Waals surface area contributed by atoms with E-state index in [9.17, 15) is 13.2 Å². The minimum Gasteiger partial charge on any atom is -0.381 e. The third-order valence-corrected chi connectivity index (χ3v) is 4.98. The quantitative estimate of drug-likeness (QED) is 0.730. The summed E-state index contributed by atoms with van der Waals surface area (Å²) in [5.41, 5.74) is 0. The van der Waals surface area contributed by atoms with Gasteiger partial charge < -0.3 is 10.1 Å². The molecule has 0 saturated carbocycles. The predicted octanol–water partition coefficient (Wildman–Crippen LogP) is -0.284. The topological polar surface area (TPSA) is 72.5 Å². The standard InChI is InChI=1S/C9H17NO4S/c1-8(11)10-7-9(15(2,12)13)3-5-14-6-4-9/h3-7H2,1-2H3,(H,10,11). The largest absolute Gasteiger partial charge is 0.381 e. The van der Waals surface area contributed by atoms with E-state index in [4.69, 9.17) is 4.74 Å². The first-order valence-corrected chi connectivity index (χ1v) is 6.78. The predicted molar refractivity (Wildman–Crippen MR) is 56.3 cm³/mol. The van der Waals surface area contributed by atoms with Crippen molar-refractivity contribution in [3.05, 3.63) is 0 Å². The van der Waals surface area contributed by atoms with Crippen molar-refractivity contribution in [2.45, 2.75) is 24.5 Å². The molecule has 1 heterocycles. The molecule has 1 fully saturated rings. The molecule has 1 amide bonds. The first-order valence-electron chi connectivity index (χ1n) is 4.89. The van der Waals surface area contributed by atoms with Gasteiger partial charge in [-0.15, -0.1) is 0 Å². The Morgan fingerprint density at radius 3 is 2.33 bits per heavy atom. The molecule has 0 spiro atoms. The summed E-state index contributed by atoms with van der Waals surface area (Å²) in [5.74, 6) is -0.204. The first kappa shape index (κ1) is 12.4. The number of rotatable bonds is 3. The third kappa shape index (κ3) is 2.92. The Morgan fingerprint density at radius 2 is 1.93 bits per heavy atom. The van der Waals surface area contributed by atoms with Crippen molar-refractivity contribution in [2.24, 2.45) is 0 Å². The molecular weight excluding hydrogens is 218 g/mol. The lowest BCUT2D eigenvalue weighted by atomic mass is 9.99. The highest BCUT2D eigenvalue weighted by Crippen LogP contribution is 2.28. The van der Waals surface area contributed by atoms with Crippen molar-refractivity contribution in [2.75, 3.05) is 26.0 Å². The van der Waals surface area contributed by atoms with E-state index >= 15 is 0 Å². The van der Waals surface area contributed by atoms with E-state index in [1.54, 1.807) is 0 Å². The molecule has 88 valence electrons. The molecule has 0 aromatic rings. The summed E-state index contributed by atoms with van der Waals surface area (Å²) in [6.07, 6.45) is 2.12. The average Bonchev–Trinajstić information content (AvgIpc) is 2.14. The molecule has 1 N–H and O–H groups in total. The van der Waals surface area contributed by atoms with E-state index in [0.29, 0.717) is 26.1 Å². The Morgan fingerprint density at radius 1 is 1.40 bits per heavy atom. The molecule has 6 heteroatoms. The fourth-order valence-corrected chi connectivity index (χ4v) is 2.95. The SMILES string of the molecule is CC(=O)NCC1(S(C)(=O)=O)CCOCC1. The van der Waals surface area contributed by atoms with Gasteiger partial charge in [-0.3, -0.25) is 4.79 Å². The Labute approximate surface area is 90.1 Å². The van der Waals surface area contributed by atoms with Crippen molar-refractivity contribution < 1.29 is 17.9 Å². The van der Waals surface area contributed by atoms with Crippen LogP contribution in [0, 0.1) is 0 Å². The van der Waals surface area contributed by atoms with Gasteiger partial charge in [-0.1, -0.05) is 0 Å². The number of carbonyl (C=O) groups excluding carboxylic acids is 1. The molecule has 0 aromatic carbocycles. The zero-order valence-electron chi connectivity index (χ0n) is 9.08. The minimum absolute atomic E-state index is 0.185. The maximum absolute atomic E-state index is 11.7. The fraction of sp³-hybridized carbons (Fsp3) is 0.889. The van der Waals surface area contributed by atoms with Crippen LogP contribution >= 0.6 is 0 Å². The number of ether oxygens (including phenoxy) is 1. The summed E-state index contributed by atoms with van der Waals surface area (Å²) in [6, 6.07) is 0. The highest BCUT2D eigenvalue weighted by molar-refractivity contribution is 7.92. The maximum Gasteiger partial charge on any atom is 0.216 e. The van der Waals surface area contributed by atoms with Crippen molar-refractivity contribution >= 4 is 15.7 Å². The Kier molecular flexibility index (Phi) is 3.72. The van der Waals surface area contributed by atoms with Gasteiger partial charge >= 0.3 is 0 Å². The van der Waals surface area contributed by atoms with Crippen molar-refractivity contribution in [3.8, 4) is 0 Å². The summed E-state index contributed by atoms with van der Waals surface area (Å²) in [6.45, 7) is 2.44. The second kappa shape index (κ2) is 4.49. The molecule has 1 rings (SSSR count). The van der Waals surface area contributed by atoms with E-state index in [2.05, 4.69) is 5.32 Å². The molecule has 5 nitrogen and oxygen atoms in total. The number of amides is 1. The van der Waals surface area contributed by atoms with Crippen LogP contribution in [0.5, 0.6) is 0 Å². The Hall–Kier alpha value is -0.620. The summed E-state index contributed by atoms with van der Waals surface area (Å²) in [5, 5.41) is 2.59. The fourth-order valence-electron chi connectivity index (χ4n) is 1.71. The molecule has 0 unspecified atom stereocenters. The van der Waals surface area contributed by atoms with Crippen LogP contribution in [-0.2, 0) is 19.4 Å². The Bertz CT molecular complexity index is 330. The summed E-state index contributed by atoms with van der Waals surface area (Å²) in [4.78, 5) is 10.8. The van der Waals surface area contributed by atoms with E-state index in [1.165, 1.54) is 13.2 Å². The van der Waals surface area contributed by atoms with Gasteiger partial charge in [0.2, 0.25) is 5.91 Å². The van der Waals surface area contributed by atoms with Crippen LogP contribution in [-0.4, -0.2) is 45.1 Å². The van der Waals surface area contributed by atoms with Gasteiger partial charge in [-0.05, 0) is 12.8 Å². The van der Waals surface area contributed by atoms with Crippen LogP contribution < -0.4 is 5.32 Å². The molecule has 1 aliphatic rings. The van der Waals surface area contributed by atoms with Gasteiger partial charge in [0, 0.05) is 32.9 Å². The van der Waals surface area contributed by atoms with Crippen molar-refractivity contribution in [1.82, 2.24) is 5.32 Å². The lowest BCUT2D eigenvalue weighted by molar-refractivity contribution is -0.119. The monoisotopic (exact) mass is 235 g/mol. The summed E-state index contributed by atoms with van der Waals surface area (Å²) < 4.78 is 27.7. The van der Waals surface area contributed by atoms with Gasteiger partial charge in [0.25, 0.3) is 0 Å². The molecule has 15 heavy (non-hydrogen) atoms. The maximum atomic E-state index is 11.7. The average molecular weight is 235 g/mol. The van der Waals surface area contributed by atoms with Crippen LogP contribution in [0.4, 0.5) is 0 Å². The number of hydrogen-bond acceptors (Lipinski definition) is 4. The zero-order valence-corrected chi connectivity index (χ0v) is 9.89. The van der Waals surface area contributed by atoms with Gasteiger partial charge in [-0.2, -0.15) is 0 Å². The van der Waals surface area contributed by atoms with Crippen LogP contribution in [0.1, 0.15) is 19.8 Å². The summed E-state index contributed by atoms with van der Waals surface area (Å²) in [7, 11) is -3.18. The highest BCUT2D eigenvalue weighted by Gasteiger charge is 2.42. The summed E-state index contributed by atoms with van der Waals surface area (Å²) >= 11 is 0. The van der Waals surface area contributed by atoms with Crippen LogP contribution in [0.2, 0.25) is 0 Å². The van der Waals surface area contributed by atoms with Gasteiger partial charge in [-0.25, -0.2) is 8.42 Å². The van der Waals surface area contributed by atoms with Gasteiger partial charge in [0.15, 0.2) is 9.84 Å². The van der Waals surface area contributed by atoms with E-state index < -0.39 is 14.6 Å². The Balaban J connectivity index is 2.81. The van der Waals surface area contributed by atoms with Crippen molar-refractivity contribution in [1.29, 1.82) is 0 Å². The molecule has 0 bridgehead atoms. The normalized spacial score (nSPS) is 20.9. The molecule has 1 aliphatic heterocycles. The molecule has 1 saturated heterocycles. The smallest absolute Gasteiger partial charge is 0.216 e. The van der Waals surface area contributed by atoms with Crippen LogP contribution in [0.15, 0.2) is 0 Å². The zero-order chi connectivity index (χ0) is 11.5. The number of nitrogens with one attached hydrogen (secondary N) is 1. The molecule has 0 radical (unpaired) electrons. The first-order chi connectivity index (χ1) is 6.87. The van der Waals surface area contributed by atoms with Gasteiger partial charge in [0.05, 0.1) is 4.75 Å². The molecule has 0 aliphatic carbocycles. The van der Waals surface area contributed by atoms with E-state index in [-0.39, 0.29) is 12.5 Å². The molecule has 0 atom stereocenters. The van der Waals surface area contributed by atoms with Crippen LogP contribution in [0.3, 0.4) is 0 Å². The second-order valence-electron chi connectivity index (χ2n) is 3.98. The number of sulfone groups is 1. The lowest BCUT2D eigenvalue weighted by Gasteiger charge is -2.35. The highest BCUT2D eigenvalue weighted by atomic mass is 32.2. The van der Waals surface area contributed by atoms with E-state index in [0.717, 1.165) is 0 Å². The lowest BCUT2D eigenvalue weighted by Crippen LogP contribution is -2.51. The number of carbonyl (C=O) groups is 1.